The molecule has 1 saturated heterocycles. The van der Waals surface area contributed by atoms with Gasteiger partial charge in [-0.25, -0.2) is 4.99 Å². The number of nitrogens with zero attached hydrogens (tertiary/aromatic N) is 3. The molecule has 0 unspecified atom stereocenters. The third-order valence-electron chi connectivity index (χ3n) is 4.01. The Kier molecular flexibility index (Phi) is 6.28. The van der Waals surface area contributed by atoms with E-state index in [-0.39, 0.29) is 17.4 Å². The lowest BCUT2D eigenvalue weighted by Gasteiger charge is -2.18. The van der Waals surface area contributed by atoms with Gasteiger partial charge in [-0.15, -0.1) is 0 Å². The van der Waals surface area contributed by atoms with Crippen LogP contribution in [0.15, 0.2) is 52.4 Å². The van der Waals surface area contributed by atoms with Gasteiger partial charge in [0.15, 0.2) is 16.7 Å². The molecule has 0 atom stereocenters. The number of rotatable bonds is 5. The molecule has 0 saturated carbocycles. The molecule has 0 spiro atoms. The molecule has 1 fully saturated rings. The summed E-state index contributed by atoms with van der Waals surface area (Å²) < 4.78 is 0. The number of amides is 1. The summed E-state index contributed by atoms with van der Waals surface area (Å²) in [5.41, 5.74) is 1.32. The smallest absolute Gasteiger partial charge is 0.266 e. The molecule has 0 radical (unpaired) electrons. The van der Waals surface area contributed by atoms with Gasteiger partial charge in [-0.1, -0.05) is 17.7 Å². The van der Waals surface area contributed by atoms with Crippen molar-refractivity contribution in [2.24, 2.45) is 4.99 Å². The van der Waals surface area contributed by atoms with E-state index in [0.29, 0.717) is 39.4 Å². The average molecular weight is 418 g/mol. The topological polar surface area (TPSA) is 76.4 Å². The molecule has 0 aliphatic carbocycles. The van der Waals surface area contributed by atoms with Crippen LogP contribution in [0.3, 0.4) is 0 Å². The molecule has 1 heterocycles. The van der Waals surface area contributed by atoms with Crippen molar-refractivity contribution in [3.8, 4) is 11.5 Å². The van der Waals surface area contributed by atoms with Gasteiger partial charge in [-0.2, -0.15) is 0 Å². The highest BCUT2D eigenvalue weighted by Gasteiger charge is 2.33. The van der Waals surface area contributed by atoms with Crippen LogP contribution in [0.25, 0.3) is 6.08 Å². The number of likely N-dealkylation sites (N-methyl/N-ethyl adjacent to an activating group) is 1. The monoisotopic (exact) mass is 417 g/mol. The Bertz CT molecular complexity index is 942. The molecule has 146 valence electrons. The number of carbonyl (C=O) groups is 1. The third-order valence-corrected chi connectivity index (χ3v) is 5.27. The quantitative estimate of drug-likeness (QED) is 0.569. The van der Waals surface area contributed by atoms with E-state index >= 15 is 0 Å². The zero-order valence-electron chi connectivity index (χ0n) is 15.5. The number of phenols is 2. The summed E-state index contributed by atoms with van der Waals surface area (Å²) in [5.74, 6) is -0.582. The van der Waals surface area contributed by atoms with Crippen molar-refractivity contribution in [1.29, 1.82) is 0 Å². The van der Waals surface area contributed by atoms with Crippen molar-refractivity contribution in [1.82, 2.24) is 9.80 Å². The lowest BCUT2D eigenvalue weighted by Crippen LogP contribution is -2.35. The number of hydrogen-bond acceptors (Lipinski definition) is 6. The van der Waals surface area contributed by atoms with Crippen LogP contribution in [0, 0.1) is 0 Å². The molecular formula is C20H20ClN3O3S. The van der Waals surface area contributed by atoms with Crippen LogP contribution in [0.4, 0.5) is 5.69 Å². The first-order valence-corrected chi connectivity index (χ1v) is 9.75. The first kappa shape index (κ1) is 20.3. The summed E-state index contributed by atoms with van der Waals surface area (Å²) in [7, 11) is 3.89. The number of aliphatic imine (C=N–C) groups is 1. The highest BCUT2D eigenvalue weighted by atomic mass is 35.5. The van der Waals surface area contributed by atoms with E-state index in [2.05, 4.69) is 4.99 Å². The average Bonchev–Trinajstić information content (AvgIpc) is 2.93. The Balaban J connectivity index is 1.93. The van der Waals surface area contributed by atoms with E-state index in [9.17, 15) is 15.0 Å². The first-order valence-electron chi connectivity index (χ1n) is 8.56. The number of thioether (sulfide) groups is 1. The van der Waals surface area contributed by atoms with Crippen LogP contribution >= 0.6 is 23.4 Å². The second-order valence-corrected chi connectivity index (χ2v) is 7.94. The van der Waals surface area contributed by atoms with Crippen molar-refractivity contribution in [3.63, 3.8) is 0 Å². The fourth-order valence-corrected chi connectivity index (χ4v) is 3.65. The molecule has 0 bridgehead atoms. The van der Waals surface area contributed by atoms with Gasteiger partial charge in [-0.05, 0) is 73.9 Å². The van der Waals surface area contributed by atoms with E-state index < -0.39 is 0 Å². The summed E-state index contributed by atoms with van der Waals surface area (Å²) in [4.78, 5) is 21.7. The SMILES string of the molecule is CN(C)CCN1C(=O)/C(=C/c2ccc(O)c(O)c2)SC1=Nc1ccc(Cl)cc1. The van der Waals surface area contributed by atoms with Gasteiger partial charge in [0.05, 0.1) is 10.6 Å². The van der Waals surface area contributed by atoms with Gasteiger partial charge in [0.2, 0.25) is 0 Å². The van der Waals surface area contributed by atoms with Crippen molar-refractivity contribution >= 4 is 46.2 Å². The maximum Gasteiger partial charge on any atom is 0.266 e. The summed E-state index contributed by atoms with van der Waals surface area (Å²) in [5, 5.41) is 20.4. The van der Waals surface area contributed by atoms with Crippen LogP contribution < -0.4 is 0 Å². The molecule has 2 N–H and O–H groups in total. The van der Waals surface area contributed by atoms with Gasteiger partial charge < -0.3 is 15.1 Å². The summed E-state index contributed by atoms with van der Waals surface area (Å²) >= 11 is 7.21. The molecule has 1 amide bonds. The number of aromatic hydroxyl groups is 2. The minimum absolute atomic E-state index is 0.146. The second-order valence-electron chi connectivity index (χ2n) is 6.49. The molecular weight excluding hydrogens is 398 g/mol. The number of amidine groups is 1. The molecule has 0 aromatic heterocycles. The maximum atomic E-state index is 12.9. The zero-order valence-corrected chi connectivity index (χ0v) is 17.0. The number of carbonyl (C=O) groups excluding carboxylic acids is 1. The third kappa shape index (κ3) is 4.86. The lowest BCUT2D eigenvalue weighted by atomic mass is 10.2. The maximum absolute atomic E-state index is 12.9. The van der Waals surface area contributed by atoms with Crippen molar-refractivity contribution < 1.29 is 15.0 Å². The van der Waals surface area contributed by atoms with Crippen LogP contribution in [0.2, 0.25) is 5.02 Å². The number of halogens is 1. The summed E-state index contributed by atoms with van der Waals surface area (Å²) in [6.45, 7) is 1.20. The Morgan fingerprint density at radius 1 is 1.14 bits per heavy atom. The van der Waals surface area contributed by atoms with E-state index in [1.165, 1.54) is 23.9 Å². The molecule has 1 aliphatic rings. The van der Waals surface area contributed by atoms with Gasteiger partial charge >= 0.3 is 0 Å². The molecule has 1 aliphatic heterocycles. The van der Waals surface area contributed by atoms with Crippen molar-refractivity contribution in [3.05, 3.63) is 58.0 Å². The number of benzene rings is 2. The highest BCUT2D eigenvalue weighted by Crippen LogP contribution is 2.35. The predicted octanol–water partition coefficient (Wildman–Crippen LogP) is 3.92. The predicted molar refractivity (Wildman–Crippen MR) is 114 cm³/mol. The van der Waals surface area contributed by atoms with Gasteiger partial charge in [0.1, 0.15) is 0 Å². The van der Waals surface area contributed by atoms with E-state index in [1.807, 2.05) is 19.0 Å². The highest BCUT2D eigenvalue weighted by molar-refractivity contribution is 8.18. The van der Waals surface area contributed by atoms with Crippen molar-refractivity contribution in [2.75, 3.05) is 27.2 Å². The molecule has 2 aromatic carbocycles. The van der Waals surface area contributed by atoms with Crippen LogP contribution in [0.1, 0.15) is 5.56 Å². The molecule has 2 aromatic rings. The summed E-state index contributed by atoms with van der Waals surface area (Å²) in [6.07, 6.45) is 1.68. The van der Waals surface area contributed by atoms with Gasteiger partial charge in [-0.3, -0.25) is 9.69 Å². The van der Waals surface area contributed by atoms with E-state index in [0.717, 1.165) is 0 Å². The molecule has 28 heavy (non-hydrogen) atoms. The Morgan fingerprint density at radius 3 is 2.50 bits per heavy atom. The van der Waals surface area contributed by atoms with Gasteiger partial charge in [0.25, 0.3) is 5.91 Å². The first-order chi connectivity index (χ1) is 13.3. The molecule has 3 rings (SSSR count). The Labute approximate surface area is 172 Å². The second kappa shape index (κ2) is 8.68. The zero-order chi connectivity index (χ0) is 20.3. The largest absolute Gasteiger partial charge is 0.504 e. The molecule has 6 nitrogen and oxygen atoms in total. The number of hydrogen-bond donors (Lipinski definition) is 2. The van der Waals surface area contributed by atoms with Crippen LogP contribution in [0.5, 0.6) is 11.5 Å². The lowest BCUT2D eigenvalue weighted by molar-refractivity contribution is -0.122. The van der Waals surface area contributed by atoms with Crippen LogP contribution in [-0.4, -0.2) is 58.3 Å². The minimum Gasteiger partial charge on any atom is -0.504 e. The van der Waals surface area contributed by atoms with Crippen LogP contribution in [-0.2, 0) is 4.79 Å². The number of phenolic OH excluding ortho intramolecular Hbond substituents is 2. The minimum atomic E-state index is -0.232. The fourth-order valence-electron chi connectivity index (χ4n) is 2.50. The standard InChI is InChI=1S/C20H20ClN3O3S/c1-23(2)9-10-24-19(27)18(12-13-3-8-16(25)17(26)11-13)28-20(24)22-15-6-4-14(21)5-7-15/h3-8,11-12,25-26H,9-10H2,1-2H3/b18-12-,22-20?. The van der Waals surface area contributed by atoms with Crippen molar-refractivity contribution in [2.45, 2.75) is 0 Å². The normalized spacial score (nSPS) is 17.3. The fraction of sp³-hybridized carbons (Fsp3) is 0.200. The van der Waals surface area contributed by atoms with E-state index in [1.54, 1.807) is 41.3 Å². The van der Waals surface area contributed by atoms with Gasteiger partial charge in [0, 0.05) is 18.1 Å². The Morgan fingerprint density at radius 2 is 1.86 bits per heavy atom. The Hall–Kier alpha value is -2.48. The summed E-state index contributed by atoms with van der Waals surface area (Å²) in [6, 6.07) is 11.5. The van der Waals surface area contributed by atoms with E-state index in [4.69, 9.17) is 11.6 Å². The molecule has 8 heteroatoms.